The standard InChI is InChI=1S/C14H13F3N4O/c1-9(10-4-3-7-18-8-10)19-13(22)21-12-6-2-5-11(20-12)14(15,16)17/h2-9H,1H3,(H2,19,20,21,22)/t9-/m1/s1. The summed E-state index contributed by atoms with van der Waals surface area (Å²) in [5.74, 6) is -0.175. The van der Waals surface area contributed by atoms with Gasteiger partial charge in [0, 0.05) is 12.4 Å². The lowest BCUT2D eigenvalue weighted by Crippen LogP contribution is -2.31. The number of carbonyl (C=O) groups excluding carboxylic acids is 1. The molecule has 0 saturated carbocycles. The van der Waals surface area contributed by atoms with Gasteiger partial charge in [-0.15, -0.1) is 0 Å². The Morgan fingerprint density at radius 2 is 2.00 bits per heavy atom. The van der Waals surface area contributed by atoms with Crippen LogP contribution in [0.2, 0.25) is 0 Å². The number of amides is 2. The van der Waals surface area contributed by atoms with Gasteiger partial charge in [0.15, 0.2) is 0 Å². The van der Waals surface area contributed by atoms with E-state index in [1.165, 1.54) is 12.1 Å². The van der Waals surface area contributed by atoms with Crippen LogP contribution in [0.1, 0.15) is 24.2 Å². The van der Waals surface area contributed by atoms with Crippen LogP contribution < -0.4 is 10.6 Å². The summed E-state index contributed by atoms with van der Waals surface area (Å²) < 4.78 is 37.6. The molecule has 1 atom stereocenters. The number of halogens is 3. The average Bonchev–Trinajstić information content (AvgIpc) is 2.47. The van der Waals surface area contributed by atoms with Crippen LogP contribution in [-0.4, -0.2) is 16.0 Å². The zero-order chi connectivity index (χ0) is 16.2. The molecule has 8 heteroatoms. The Bertz CT molecular complexity index is 646. The summed E-state index contributed by atoms with van der Waals surface area (Å²) in [5, 5.41) is 4.87. The number of nitrogens with zero attached hydrogens (tertiary/aromatic N) is 2. The van der Waals surface area contributed by atoms with E-state index in [1.807, 2.05) is 0 Å². The van der Waals surface area contributed by atoms with Crippen LogP contribution in [0, 0.1) is 0 Å². The van der Waals surface area contributed by atoms with Crippen molar-refractivity contribution in [3.63, 3.8) is 0 Å². The number of rotatable bonds is 3. The second-order valence-corrected chi connectivity index (χ2v) is 4.51. The molecule has 0 aliphatic heterocycles. The van der Waals surface area contributed by atoms with E-state index in [0.29, 0.717) is 0 Å². The molecule has 5 nitrogen and oxygen atoms in total. The fourth-order valence-electron chi connectivity index (χ4n) is 1.73. The fraction of sp³-hybridized carbons (Fsp3) is 0.214. The zero-order valence-corrected chi connectivity index (χ0v) is 11.6. The zero-order valence-electron chi connectivity index (χ0n) is 11.6. The number of pyridine rings is 2. The fourth-order valence-corrected chi connectivity index (χ4v) is 1.73. The molecule has 2 aromatic rings. The smallest absolute Gasteiger partial charge is 0.331 e. The van der Waals surface area contributed by atoms with E-state index in [9.17, 15) is 18.0 Å². The molecule has 2 aromatic heterocycles. The van der Waals surface area contributed by atoms with Crippen LogP contribution in [0.4, 0.5) is 23.8 Å². The minimum atomic E-state index is -4.56. The molecule has 116 valence electrons. The normalized spacial score (nSPS) is 12.5. The number of aromatic nitrogens is 2. The maximum absolute atomic E-state index is 12.5. The van der Waals surface area contributed by atoms with Crippen molar-refractivity contribution in [3.05, 3.63) is 54.0 Å². The molecule has 0 spiro atoms. The molecule has 0 unspecified atom stereocenters. The third kappa shape index (κ3) is 4.18. The van der Waals surface area contributed by atoms with E-state index in [1.54, 1.807) is 31.5 Å². The number of hydrogen-bond donors (Lipinski definition) is 2. The van der Waals surface area contributed by atoms with Crippen molar-refractivity contribution < 1.29 is 18.0 Å². The van der Waals surface area contributed by atoms with Crippen LogP contribution in [-0.2, 0) is 6.18 Å². The van der Waals surface area contributed by atoms with Crippen molar-refractivity contribution in [3.8, 4) is 0 Å². The van der Waals surface area contributed by atoms with Crippen molar-refractivity contribution in [1.29, 1.82) is 0 Å². The second kappa shape index (κ2) is 6.42. The minimum Gasteiger partial charge on any atom is -0.331 e. The Hall–Kier alpha value is -2.64. The summed E-state index contributed by atoms with van der Waals surface area (Å²) in [6.45, 7) is 1.73. The predicted octanol–water partition coefficient (Wildman–Crippen LogP) is 3.38. The van der Waals surface area contributed by atoms with Gasteiger partial charge in [-0.2, -0.15) is 13.2 Å². The summed E-state index contributed by atoms with van der Waals surface area (Å²) >= 11 is 0. The molecule has 2 N–H and O–H groups in total. The predicted molar refractivity (Wildman–Crippen MR) is 74.0 cm³/mol. The first-order chi connectivity index (χ1) is 10.4. The molecular weight excluding hydrogens is 297 g/mol. The molecule has 2 rings (SSSR count). The quantitative estimate of drug-likeness (QED) is 0.913. The maximum atomic E-state index is 12.5. The van der Waals surface area contributed by atoms with Gasteiger partial charge in [-0.3, -0.25) is 10.3 Å². The molecular formula is C14H13F3N4O. The number of urea groups is 1. The average molecular weight is 310 g/mol. The molecule has 22 heavy (non-hydrogen) atoms. The van der Waals surface area contributed by atoms with Crippen LogP contribution in [0.25, 0.3) is 0 Å². The van der Waals surface area contributed by atoms with E-state index in [4.69, 9.17) is 0 Å². The third-order valence-electron chi connectivity index (χ3n) is 2.81. The van der Waals surface area contributed by atoms with Gasteiger partial charge in [0.05, 0.1) is 6.04 Å². The largest absolute Gasteiger partial charge is 0.433 e. The lowest BCUT2D eigenvalue weighted by molar-refractivity contribution is -0.141. The minimum absolute atomic E-state index is 0.175. The van der Waals surface area contributed by atoms with E-state index in [2.05, 4.69) is 20.6 Å². The van der Waals surface area contributed by atoms with Gasteiger partial charge in [0.25, 0.3) is 0 Å². The summed E-state index contributed by atoms with van der Waals surface area (Å²) in [5.41, 5.74) is -0.291. The highest BCUT2D eigenvalue weighted by atomic mass is 19.4. The first-order valence-electron chi connectivity index (χ1n) is 6.38. The summed E-state index contributed by atoms with van der Waals surface area (Å²) in [7, 11) is 0. The second-order valence-electron chi connectivity index (χ2n) is 4.51. The highest BCUT2D eigenvalue weighted by molar-refractivity contribution is 5.88. The van der Waals surface area contributed by atoms with E-state index < -0.39 is 17.9 Å². The van der Waals surface area contributed by atoms with Gasteiger partial charge < -0.3 is 5.32 Å². The topological polar surface area (TPSA) is 66.9 Å². The highest BCUT2D eigenvalue weighted by Gasteiger charge is 2.32. The number of alkyl halides is 3. The Balaban J connectivity index is 2.01. The Labute approximate surface area is 124 Å². The number of carbonyl (C=O) groups is 1. The number of nitrogens with one attached hydrogen (secondary N) is 2. The Morgan fingerprint density at radius 3 is 2.64 bits per heavy atom. The van der Waals surface area contributed by atoms with Crippen LogP contribution in [0.15, 0.2) is 42.7 Å². The van der Waals surface area contributed by atoms with Gasteiger partial charge in [-0.05, 0) is 30.7 Å². The lowest BCUT2D eigenvalue weighted by Gasteiger charge is -2.14. The van der Waals surface area contributed by atoms with Gasteiger partial charge in [0.1, 0.15) is 11.5 Å². The van der Waals surface area contributed by atoms with Crippen LogP contribution in [0.5, 0.6) is 0 Å². The molecule has 0 bridgehead atoms. The molecule has 2 amide bonds. The summed E-state index contributed by atoms with van der Waals surface area (Å²) in [6.07, 6.45) is -1.37. The van der Waals surface area contributed by atoms with Crippen molar-refractivity contribution in [2.45, 2.75) is 19.1 Å². The Morgan fingerprint density at radius 1 is 1.23 bits per heavy atom. The van der Waals surface area contributed by atoms with Gasteiger partial charge in [-0.25, -0.2) is 9.78 Å². The van der Waals surface area contributed by atoms with Gasteiger partial charge in [0.2, 0.25) is 0 Å². The molecule has 0 aliphatic rings. The molecule has 0 fully saturated rings. The molecule has 0 saturated heterocycles. The van der Waals surface area contributed by atoms with Crippen molar-refractivity contribution in [2.75, 3.05) is 5.32 Å². The van der Waals surface area contributed by atoms with Crippen LogP contribution in [0.3, 0.4) is 0 Å². The molecule has 0 aromatic carbocycles. The summed E-state index contributed by atoms with van der Waals surface area (Å²) in [6, 6.07) is 5.80. The monoisotopic (exact) mass is 310 g/mol. The van der Waals surface area contributed by atoms with Gasteiger partial charge in [-0.1, -0.05) is 12.1 Å². The van der Waals surface area contributed by atoms with Crippen molar-refractivity contribution >= 4 is 11.8 Å². The first-order valence-corrected chi connectivity index (χ1v) is 6.38. The maximum Gasteiger partial charge on any atom is 0.433 e. The van der Waals surface area contributed by atoms with Crippen molar-refractivity contribution in [2.24, 2.45) is 0 Å². The van der Waals surface area contributed by atoms with E-state index in [0.717, 1.165) is 11.6 Å². The summed E-state index contributed by atoms with van der Waals surface area (Å²) in [4.78, 5) is 19.1. The molecule has 2 heterocycles. The molecule has 0 aliphatic carbocycles. The first kappa shape index (κ1) is 15.7. The number of hydrogen-bond acceptors (Lipinski definition) is 3. The molecule has 0 radical (unpaired) electrons. The lowest BCUT2D eigenvalue weighted by atomic mass is 10.1. The van der Waals surface area contributed by atoms with Crippen molar-refractivity contribution in [1.82, 2.24) is 15.3 Å². The Kier molecular flexibility index (Phi) is 4.59. The van der Waals surface area contributed by atoms with Gasteiger partial charge >= 0.3 is 12.2 Å². The van der Waals surface area contributed by atoms with Crippen LogP contribution >= 0.6 is 0 Å². The third-order valence-corrected chi connectivity index (χ3v) is 2.81. The SMILES string of the molecule is C[C@@H](NC(=O)Nc1cccc(C(F)(F)F)n1)c1cccnc1. The van der Waals surface area contributed by atoms with E-state index in [-0.39, 0.29) is 11.9 Å². The highest BCUT2D eigenvalue weighted by Crippen LogP contribution is 2.28. The number of anilines is 1. The van der Waals surface area contributed by atoms with E-state index >= 15 is 0 Å².